The molecule has 9 heteroatoms. The average Bonchev–Trinajstić information content (AvgIpc) is 3.11. The molecular weight excluding hydrogens is 402 g/mol. The SMILES string of the molecule is Cc1nc(-c2csc(S(=O)(=O)Nc3ccc(Br)c(C)c3)c2)no1. The van der Waals surface area contributed by atoms with Gasteiger partial charge in [-0.1, -0.05) is 21.1 Å². The summed E-state index contributed by atoms with van der Waals surface area (Å²) >= 11 is 4.49. The molecule has 0 fully saturated rings. The Labute approximate surface area is 145 Å². The molecule has 0 spiro atoms. The molecule has 0 saturated heterocycles. The summed E-state index contributed by atoms with van der Waals surface area (Å²) in [5.41, 5.74) is 2.06. The normalized spacial score (nSPS) is 11.6. The summed E-state index contributed by atoms with van der Waals surface area (Å²) < 4.78 is 33.5. The molecule has 23 heavy (non-hydrogen) atoms. The molecule has 0 radical (unpaired) electrons. The van der Waals surface area contributed by atoms with Gasteiger partial charge in [0.2, 0.25) is 11.7 Å². The number of sulfonamides is 1. The number of anilines is 1. The highest BCUT2D eigenvalue weighted by atomic mass is 79.9. The van der Waals surface area contributed by atoms with E-state index in [1.807, 2.05) is 6.92 Å². The molecule has 0 aliphatic carbocycles. The van der Waals surface area contributed by atoms with Crippen LogP contribution in [0.4, 0.5) is 5.69 Å². The lowest BCUT2D eigenvalue weighted by atomic mass is 10.2. The summed E-state index contributed by atoms with van der Waals surface area (Å²) in [4.78, 5) is 4.09. The number of benzene rings is 1. The second-order valence-corrected chi connectivity index (χ2v) is 8.54. The lowest BCUT2D eigenvalue weighted by Crippen LogP contribution is -2.11. The Morgan fingerprint density at radius 2 is 2.04 bits per heavy atom. The van der Waals surface area contributed by atoms with Crippen LogP contribution in [0.25, 0.3) is 11.4 Å². The Balaban J connectivity index is 1.88. The van der Waals surface area contributed by atoms with Gasteiger partial charge in [-0.15, -0.1) is 11.3 Å². The molecule has 0 aliphatic rings. The van der Waals surface area contributed by atoms with Gasteiger partial charge in [-0.25, -0.2) is 8.42 Å². The summed E-state index contributed by atoms with van der Waals surface area (Å²) in [6.07, 6.45) is 0. The van der Waals surface area contributed by atoms with Gasteiger partial charge in [0.1, 0.15) is 4.21 Å². The van der Waals surface area contributed by atoms with Crippen LogP contribution in [0.2, 0.25) is 0 Å². The van der Waals surface area contributed by atoms with Gasteiger partial charge in [0, 0.05) is 28.0 Å². The second kappa shape index (κ2) is 6.06. The van der Waals surface area contributed by atoms with Crippen molar-refractivity contribution in [3.63, 3.8) is 0 Å². The van der Waals surface area contributed by atoms with E-state index in [1.165, 1.54) is 6.07 Å². The van der Waals surface area contributed by atoms with Gasteiger partial charge in [-0.3, -0.25) is 4.72 Å². The number of nitrogens with zero attached hydrogens (tertiary/aromatic N) is 2. The van der Waals surface area contributed by atoms with E-state index in [9.17, 15) is 8.42 Å². The molecule has 0 aliphatic heterocycles. The van der Waals surface area contributed by atoms with Crippen molar-refractivity contribution in [1.82, 2.24) is 10.1 Å². The van der Waals surface area contributed by atoms with Crippen molar-refractivity contribution in [3.8, 4) is 11.4 Å². The van der Waals surface area contributed by atoms with Crippen molar-refractivity contribution in [2.24, 2.45) is 0 Å². The molecule has 0 unspecified atom stereocenters. The highest BCUT2D eigenvalue weighted by Crippen LogP contribution is 2.29. The van der Waals surface area contributed by atoms with E-state index in [4.69, 9.17) is 4.52 Å². The number of halogens is 1. The first-order valence-electron chi connectivity index (χ1n) is 6.53. The number of nitrogens with one attached hydrogen (secondary N) is 1. The zero-order valence-corrected chi connectivity index (χ0v) is 15.4. The van der Waals surface area contributed by atoms with E-state index in [2.05, 4.69) is 30.8 Å². The topological polar surface area (TPSA) is 85.1 Å². The van der Waals surface area contributed by atoms with Gasteiger partial charge in [0.15, 0.2) is 0 Å². The summed E-state index contributed by atoms with van der Waals surface area (Å²) in [5, 5.41) is 5.47. The Morgan fingerprint density at radius 1 is 1.26 bits per heavy atom. The van der Waals surface area contributed by atoms with E-state index in [0.717, 1.165) is 21.4 Å². The predicted octanol–water partition coefficient (Wildman–Crippen LogP) is 3.98. The van der Waals surface area contributed by atoms with Gasteiger partial charge >= 0.3 is 0 Å². The zero-order valence-electron chi connectivity index (χ0n) is 12.2. The van der Waals surface area contributed by atoms with Crippen LogP contribution in [-0.4, -0.2) is 18.6 Å². The summed E-state index contributed by atoms with van der Waals surface area (Å²) in [7, 11) is -3.66. The summed E-state index contributed by atoms with van der Waals surface area (Å²) in [6, 6.07) is 6.79. The van der Waals surface area contributed by atoms with Gasteiger partial charge in [-0.05, 0) is 36.8 Å². The molecule has 0 saturated carbocycles. The number of hydrogen-bond acceptors (Lipinski definition) is 6. The Kier molecular flexibility index (Phi) is 4.26. The highest BCUT2D eigenvalue weighted by Gasteiger charge is 2.19. The third-order valence-corrected chi connectivity index (χ3v) is 6.75. The highest BCUT2D eigenvalue weighted by molar-refractivity contribution is 9.10. The zero-order chi connectivity index (χ0) is 16.6. The standard InChI is InChI=1S/C14H12BrN3O3S2/c1-8-5-11(3-4-12(8)15)18-23(19,20)13-6-10(7-22-13)14-16-9(2)21-17-14/h3-7,18H,1-2H3. The number of rotatable bonds is 4. The van der Waals surface area contributed by atoms with Gasteiger partial charge in [0.25, 0.3) is 10.0 Å². The van der Waals surface area contributed by atoms with Crippen LogP contribution in [0.3, 0.4) is 0 Å². The van der Waals surface area contributed by atoms with Crippen LogP contribution < -0.4 is 4.72 Å². The van der Waals surface area contributed by atoms with E-state index in [-0.39, 0.29) is 4.21 Å². The maximum absolute atomic E-state index is 12.5. The van der Waals surface area contributed by atoms with E-state index < -0.39 is 10.0 Å². The Bertz CT molecular complexity index is 963. The Morgan fingerprint density at radius 3 is 2.70 bits per heavy atom. The monoisotopic (exact) mass is 413 g/mol. The van der Waals surface area contributed by atoms with Gasteiger partial charge in [-0.2, -0.15) is 4.98 Å². The molecule has 120 valence electrons. The third kappa shape index (κ3) is 3.46. The molecule has 1 aromatic carbocycles. The van der Waals surface area contributed by atoms with Gasteiger partial charge in [0.05, 0.1) is 0 Å². The molecule has 2 heterocycles. The summed E-state index contributed by atoms with van der Waals surface area (Å²) in [6.45, 7) is 3.57. The van der Waals surface area contributed by atoms with Crippen LogP contribution >= 0.6 is 27.3 Å². The fraction of sp³-hybridized carbons (Fsp3) is 0.143. The number of hydrogen-bond donors (Lipinski definition) is 1. The maximum Gasteiger partial charge on any atom is 0.271 e. The molecule has 0 bridgehead atoms. The van der Waals surface area contributed by atoms with Crippen LogP contribution in [-0.2, 0) is 10.0 Å². The van der Waals surface area contributed by atoms with Crippen LogP contribution in [0.15, 0.2) is 42.9 Å². The third-order valence-electron chi connectivity index (χ3n) is 3.04. The molecule has 3 aromatic rings. The van der Waals surface area contributed by atoms with Gasteiger partial charge < -0.3 is 4.52 Å². The number of thiophene rings is 1. The van der Waals surface area contributed by atoms with E-state index in [1.54, 1.807) is 30.5 Å². The first-order chi connectivity index (χ1) is 10.8. The molecule has 6 nitrogen and oxygen atoms in total. The lowest BCUT2D eigenvalue weighted by Gasteiger charge is -2.07. The molecule has 0 amide bonds. The fourth-order valence-corrected chi connectivity index (χ4v) is 4.36. The molecule has 0 atom stereocenters. The molecule has 1 N–H and O–H groups in total. The largest absolute Gasteiger partial charge is 0.339 e. The van der Waals surface area contributed by atoms with Crippen LogP contribution in [0.1, 0.15) is 11.5 Å². The van der Waals surface area contributed by atoms with E-state index >= 15 is 0 Å². The van der Waals surface area contributed by atoms with Crippen molar-refractivity contribution in [1.29, 1.82) is 0 Å². The van der Waals surface area contributed by atoms with Crippen LogP contribution in [0, 0.1) is 13.8 Å². The van der Waals surface area contributed by atoms with Crippen LogP contribution in [0.5, 0.6) is 0 Å². The summed E-state index contributed by atoms with van der Waals surface area (Å²) in [5.74, 6) is 0.804. The van der Waals surface area contributed by atoms with Crippen molar-refractivity contribution < 1.29 is 12.9 Å². The first-order valence-corrected chi connectivity index (χ1v) is 9.69. The second-order valence-electron chi connectivity index (χ2n) is 4.86. The lowest BCUT2D eigenvalue weighted by molar-refractivity contribution is 0.394. The first kappa shape index (κ1) is 16.2. The smallest absolute Gasteiger partial charge is 0.271 e. The maximum atomic E-state index is 12.5. The minimum atomic E-state index is -3.66. The van der Waals surface area contributed by atoms with E-state index in [0.29, 0.717) is 23.0 Å². The number of aromatic nitrogens is 2. The van der Waals surface area contributed by atoms with Crippen molar-refractivity contribution in [2.45, 2.75) is 18.1 Å². The average molecular weight is 414 g/mol. The predicted molar refractivity (Wildman–Crippen MR) is 92.0 cm³/mol. The minimum absolute atomic E-state index is 0.190. The Hall–Kier alpha value is -1.71. The quantitative estimate of drug-likeness (QED) is 0.698. The number of aryl methyl sites for hydroxylation is 2. The molecule has 2 aromatic heterocycles. The van der Waals surface area contributed by atoms with Crippen molar-refractivity contribution in [3.05, 3.63) is 45.6 Å². The molecule has 3 rings (SSSR count). The minimum Gasteiger partial charge on any atom is -0.339 e. The molecular formula is C14H12BrN3O3S2. The van der Waals surface area contributed by atoms with Crippen molar-refractivity contribution >= 4 is 43.0 Å². The fourth-order valence-electron chi connectivity index (χ4n) is 1.90. The van der Waals surface area contributed by atoms with Crippen molar-refractivity contribution in [2.75, 3.05) is 4.72 Å².